The minimum Gasteiger partial charge on any atom is -0.492 e. The van der Waals surface area contributed by atoms with Crippen molar-refractivity contribution in [1.29, 1.82) is 0 Å². The van der Waals surface area contributed by atoms with Gasteiger partial charge in [0, 0.05) is 16.0 Å². The Labute approximate surface area is 124 Å². The van der Waals surface area contributed by atoms with E-state index in [1.807, 2.05) is 0 Å². The van der Waals surface area contributed by atoms with E-state index < -0.39 is 11.4 Å². The number of carbonyl (C=O) groups is 1. The molecule has 2 rings (SSSR count). The second kappa shape index (κ2) is 5.21. The molecule has 1 fully saturated rings. The molecule has 1 saturated carbocycles. The lowest BCUT2D eigenvalue weighted by atomic mass is 9.91. The zero-order valence-electron chi connectivity index (χ0n) is 10.6. The molecule has 1 aliphatic rings. The number of halogens is 2. The summed E-state index contributed by atoms with van der Waals surface area (Å²) in [5.74, 6) is 0.219. The smallest absolute Gasteiger partial charge is 0.304 e. The zero-order chi connectivity index (χ0) is 14.2. The van der Waals surface area contributed by atoms with Crippen LogP contribution in [0.2, 0.25) is 5.02 Å². The van der Waals surface area contributed by atoms with Crippen LogP contribution >= 0.6 is 27.5 Å². The summed E-state index contributed by atoms with van der Waals surface area (Å²) in [6.45, 7) is 0. The molecule has 4 nitrogen and oxygen atoms in total. The van der Waals surface area contributed by atoms with Crippen molar-refractivity contribution in [2.24, 2.45) is 0 Å². The van der Waals surface area contributed by atoms with Crippen LogP contribution in [0.25, 0.3) is 0 Å². The summed E-state index contributed by atoms with van der Waals surface area (Å²) in [5, 5.41) is 9.56. The summed E-state index contributed by atoms with van der Waals surface area (Å²) in [7, 11) is 3.07. The van der Waals surface area contributed by atoms with Crippen LogP contribution in [-0.4, -0.2) is 25.3 Å². The number of ether oxygens (including phenoxy) is 2. The van der Waals surface area contributed by atoms with Crippen LogP contribution in [0.15, 0.2) is 10.5 Å². The quantitative estimate of drug-likeness (QED) is 0.882. The molecule has 1 N–H and O–H groups in total. The summed E-state index contributed by atoms with van der Waals surface area (Å²) in [6.07, 6.45) is 1.63. The molecule has 0 aromatic heterocycles. The number of aliphatic carboxylic acids is 1. The Morgan fingerprint density at radius 3 is 2.42 bits per heavy atom. The van der Waals surface area contributed by atoms with Gasteiger partial charge in [0.1, 0.15) is 0 Å². The highest BCUT2D eigenvalue weighted by Gasteiger charge is 2.50. The first kappa shape index (κ1) is 14.5. The molecule has 0 unspecified atom stereocenters. The van der Waals surface area contributed by atoms with Crippen LogP contribution in [0, 0.1) is 0 Å². The number of benzene rings is 1. The molecule has 0 heterocycles. The van der Waals surface area contributed by atoms with Crippen molar-refractivity contribution in [3.05, 3.63) is 21.1 Å². The molecule has 1 aromatic rings. The zero-order valence-corrected chi connectivity index (χ0v) is 13.0. The first-order chi connectivity index (χ1) is 8.95. The molecule has 0 atom stereocenters. The molecule has 6 heteroatoms. The maximum Gasteiger partial charge on any atom is 0.304 e. The third kappa shape index (κ3) is 2.54. The third-order valence-corrected chi connectivity index (χ3v) is 4.31. The molecule has 1 aromatic carbocycles. The van der Waals surface area contributed by atoms with Gasteiger partial charge in [-0.05, 0) is 34.8 Å². The normalized spacial score (nSPS) is 16.0. The van der Waals surface area contributed by atoms with Crippen LogP contribution in [0.1, 0.15) is 24.8 Å². The molecule has 1 aliphatic carbocycles. The van der Waals surface area contributed by atoms with E-state index in [1.165, 1.54) is 14.2 Å². The molecule has 0 amide bonds. The lowest BCUT2D eigenvalue weighted by Gasteiger charge is -2.21. The van der Waals surface area contributed by atoms with Crippen LogP contribution < -0.4 is 9.47 Å². The van der Waals surface area contributed by atoms with Gasteiger partial charge in [-0.3, -0.25) is 4.79 Å². The standard InChI is InChI=1S/C13H14BrClO4/c1-18-11-7(14)5-8(15)10(12(11)19-2)13(3-4-13)6-9(16)17/h5H,3-4,6H2,1-2H3,(H,16,17). The van der Waals surface area contributed by atoms with Gasteiger partial charge in [-0.15, -0.1) is 0 Å². The van der Waals surface area contributed by atoms with Crippen LogP contribution in [0.3, 0.4) is 0 Å². The summed E-state index contributed by atoms with van der Waals surface area (Å²) < 4.78 is 11.4. The highest BCUT2D eigenvalue weighted by Crippen LogP contribution is 2.58. The molecule has 104 valence electrons. The lowest BCUT2D eigenvalue weighted by Crippen LogP contribution is -2.15. The van der Waals surface area contributed by atoms with Gasteiger partial charge in [-0.25, -0.2) is 0 Å². The number of carboxylic acids is 1. The van der Waals surface area contributed by atoms with Crippen molar-refractivity contribution in [2.45, 2.75) is 24.7 Å². The second-order valence-electron chi connectivity index (χ2n) is 4.63. The molecule has 0 aliphatic heterocycles. The van der Waals surface area contributed by atoms with Gasteiger partial charge >= 0.3 is 5.97 Å². The number of carboxylic acid groups (broad SMARTS) is 1. The highest BCUT2D eigenvalue weighted by molar-refractivity contribution is 9.10. The van der Waals surface area contributed by atoms with Gasteiger partial charge in [-0.2, -0.15) is 0 Å². The molecular weight excluding hydrogens is 335 g/mol. The Morgan fingerprint density at radius 1 is 1.42 bits per heavy atom. The van der Waals surface area contributed by atoms with E-state index in [2.05, 4.69) is 15.9 Å². The average molecular weight is 350 g/mol. The summed E-state index contributed by atoms with van der Waals surface area (Å²) in [4.78, 5) is 11.0. The summed E-state index contributed by atoms with van der Waals surface area (Å²) in [6, 6.07) is 1.72. The van der Waals surface area contributed by atoms with E-state index in [0.717, 1.165) is 18.4 Å². The molecular formula is C13H14BrClO4. The van der Waals surface area contributed by atoms with Crippen molar-refractivity contribution in [3.63, 3.8) is 0 Å². The van der Waals surface area contributed by atoms with Gasteiger partial charge in [-0.1, -0.05) is 11.6 Å². The van der Waals surface area contributed by atoms with Crippen molar-refractivity contribution in [2.75, 3.05) is 14.2 Å². The molecule has 0 saturated heterocycles. The lowest BCUT2D eigenvalue weighted by molar-refractivity contribution is -0.137. The van der Waals surface area contributed by atoms with Crippen molar-refractivity contribution >= 4 is 33.5 Å². The molecule has 0 spiro atoms. The van der Waals surface area contributed by atoms with Gasteiger partial charge in [0.25, 0.3) is 0 Å². The predicted molar refractivity (Wildman–Crippen MR) is 75.4 cm³/mol. The minimum absolute atomic E-state index is 0.0495. The fraction of sp³-hybridized carbons (Fsp3) is 0.462. The van der Waals surface area contributed by atoms with Crippen molar-refractivity contribution < 1.29 is 19.4 Å². The fourth-order valence-electron chi connectivity index (χ4n) is 2.41. The minimum atomic E-state index is -0.836. The predicted octanol–water partition coefficient (Wildman–Crippen LogP) is 3.63. The van der Waals surface area contributed by atoms with E-state index >= 15 is 0 Å². The van der Waals surface area contributed by atoms with E-state index in [0.29, 0.717) is 21.0 Å². The van der Waals surface area contributed by atoms with Gasteiger partial charge < -0.3 is 14.6 Å². The third-order valence-electron chi connectivity index (χ3n) is 3.42. The van der Waals surface area contributed by atoms with Gasteiger partial charge in [0.15, 0.2) is 11.5 Å². The van der Waals surface area contributed by atoms with Crippen molar-refractivity contribution in [1.82, 2.24) is 0 Å². The average Bonchev–Trinajstić information content (AvgIpc) is 3.07. The van der Waals surface area contributed by atoms with Crippen LogP contribution in [0.4, 0.5) is 0 Å². The number of methoxy groups -OCH3 is 2. The molecule has 0 radical (unpaired) electrons. The van der Waals surface area contributed by atoms with Crippen LogP contribution in [-0.2, 0) is 10.2 Å². The SMILES string of the molecule is COc1c(Br)cc(Cl)c(C2(CC(=O)O)CC2)c1OC. The van der Waals surface area contributed by atoms with E-state index in [9.17, 15) is 4.79 Å². The summed E-state index contributed by atoms with van der Waals surface area (Å²) in [5.41, 5.74) is 0.307. The van der Waals surface area contributed by atoms with Crippen LogP contribution in [0.5, 0.6) is 11.5 Å². The molecule has 0 bridgehead atoms. The number of rotatable bonds is 5. The first-order valence-corrected chi connectivity index (χ1v) is 6.94. The summed E-state index contributed by atoms with van der Waals surface area (Å²) >= 11 is 9.66. The Hall–Kier alpha value is -0.940. The van der Waals surface area contributed by atoms with Gasteiger partial charge in [0.05, 0.1) is 25.1 Å². The fourth-order valence-corrected chi connectivity index (χ4v) is 3.51. The maximum atomic E-state index is 11.0. The second-order valence-corrected chi connectivity index (χ2v) is 5.89. The molecule has 19 heavy (non-hydrogen) atoms. The Kier molecular flexibility index (Phi) is 3.97. The Morgan fingerprint density at radius 2 is 2.00 bits per heavy atom. The van der Waals surface area contributed by atoms with Crippen molar-refractivity contribution in [3.8, 4) is 11.5 Å². The topological polar surface area (TPSA) is 55.8 Å². The number of hydrogen-bond acceptors (Lipinski definition) is 3. The Bertz CT molecular complexity index is 526. The first-order valence-electron chi connectivity index (χ1n) is 5.77. The number of hydrogen-bond donors (Lipinski definition) is 1. The Balaban J connectivity index is 2.59. The van der Waals surface area contributed by atoms with E-state index in [4.69, 9.17) is 26.2 Å². The van der Waals surface area contributed by atoms with E-state index in [1.54, 1.807) is 6.07 Å². The highest BCUT2D eigenvalue weighted by atomic mass is 79.9. The largest absolute Gasteiger partial charge is 0.492 e. The maximum absolute atomic E-state index is 11.0. The van der Waals surface area contributed by atoms with E-state index in [-0.39, 0.29) is 6.42 Å². The monoisotopic (exact) mass is 348 g/mol. The van der Waals surface area contributed by atoms with Gasteiger partial charge in [0.2, 0.25) is 0 Å².